The molecule has 1 saturated heterocycles. The molecule has 0 amide bonds. The average molecular weight is 222 g/mol. The molecule has 1 fully saturated rings. The van der Waals surface area contributed by atoms with Crippen molar-refractivity contribution in [1.82, 2.24) is 20.0 Å². The van der Waals surface area contributed by atoms with E-state index in [-0.39, 0.29) is 0 Å². The summed E-state index contributed by atoms with van der Waals surface area (Å²) in [5.74, 6) is 0. The van der Waals surface area contributed by atoms with Gasteiger partial charge in [0.2, 0.25) is 0 Å². The van der Waals surface area contributed by atoms with Crippen LogP contribution in [0.25, 0.3) is 0 Å². The topological polar surface area (TPSA) is 33.1 Å². The Morgan fingerprint density at radius 2 is 2.38 bits per heavy atom. The number of likely N-dealkylation sites (tertiary alicyclic amines) is 1. The van der Waals surface area contributed by atoms with Gasteiger partial charge in [0.05, 0.1) is 0 Å². The first kappa shape index (κ1) is 11.6. The molecule has 0 radical (unpaired) electrons. The van der Waals surface area contributed by atoms with Crippen LogP contribution in [0.15, 0.2) is 18.5 Å². The molecule has 2 atom stereocenters. The van der Waals surface area contributed by atoms with Gasteiger partial charge in [-0.2, -0.15) is 5.10 Å². The molecule has 1 N–H and O–H groups in total. The van der Waals surface area contributed by atoms with Gasteiger partial charge in [0.1, 0.15) is 0 Å². The zero-order valence-electron chi connectivity index (χ0n) is 10.3. The van der Waals surface area contributed by atoms with Gasteiger partial charge in [0.15, 0.2) is 0 Å². The average Bonchev–Trinajstić information content (AvgIpc) is 2.85. The van der Waals surface area contributed by atoms with Crippen molar-refractivity contribution in [3.05, 3.63) is 18.5 Å². The lowest BCUT2D eigenvalue weighted by molar-refractivity contribution is 0.326. The van der Waals surface area contributed by atoms with Crippen molar-refractivity contribution >= 4 is 0 Å². The molecule has 0 aromatic carbocycles. The molecule has 1 aliphatic rings. The van der Waals surface area contributed by atoms with E-state index in [4.69, 9.17) is 0 Å². The molecule has 0 aliphatic carbocycles. The molecule has 0 bridgehead atoms. The molecule has 0 spiro atoms. The van der Waals surface area contributed by atoms with Crippen LogP contribution in [0, 0.1) is 0 Å². The highest BCUT2D eigenvalue weighted by Gasteiger charge is 2.24. The third-order valence-corrected chi connectivity index (χ3v) is 3.44. The van der Waals surface area contributed by atoms with E-state index in [1.165, 1.54) is 13.0 Å². The van der Waals surface area contributed by atoms with Crippen molar-refractivity contribution < 1.29 is 0 Å². The maximum absolute atomic E-state index is 4.19. The Kier molecular flexibility index (Phi) is 3.96. The van der Waals surface area contributed by atoms with Crippen molar-refractivity contribution in [3.8, 4) is 0 Å². The SMILES string of the molecule is CC1CC(NCCCn2cccn2)CN1C. The third kappa shape index (κ3) is 3.06. The Labute approximate surface area is 97.6 Å². The minimum atomic E-state index is 0.678. The second-order valence-electron chi connectivity index (χ2n) is 4.80. The van der Waals surface area contributed by atoms with Gasteiger partial charge in [0, 0.05) is 37.6 Å². The summed E-state index contributed by atoms with van der Waals surface area (Å²) in [5.41, 5.74) is 0. The third-order valence-electron chi connectivity index (χ3n) is 3.44. The maximum atomic E-state index is 4.19. The first-order chi connectivity index (χ1) is 7.75. The monoisotopic (exact) mass is 222 g/mol. The van der Waals surface area contributed by atoms with Crippen LogP contribution in [-0.2, 0) is 6.54 Å². The van der Waals surface area contributed by atoms with Crippen LogP contribution in [-0.4, -0.2) is 46.9 Å². The largest absolute Gasteiger partial charge is 0.313 e. The highest BCUT2D eigenvalue weighted by Crippen LogP contribution is 2.14. The fourth-order valence-corrected chi connectivity index (χ4v) is 2.32. The van der Waals surface area contributed by atoms with Crippen LogP contribution in [0.3, 0.4) is 0 Å². The predicted molar refractivity (Wildman–Crippen MR) is 65.3 cm³/mol. The number of likely N-dealkylation sites (N-methyl/N-ethyl adjacent to an activating group) is 1. The second kappa shape index (κ2) is 5.46. The highest BCUT2D eigenvalue weighted by atomic mass is 15.3. The number of hydrogen-bond donors (Lipinski definition) is 1. The van der Waals surface area contributed by atoms with E-state index >= 15 is 0 Å². The van der Waals surface area contributed by atoms with Crippen molar-refractivity contribution in [2.24, 2.45) is 0 Å². The van der Waals surface area contributed by atoms with Gasteiger partial charge in [0.25, 0.3) is 0 Å². The molecule has 4 nitrogen and oxygen atoms in total. The summed E-state index contributed by atoms with van der Waals surface area (Å²) in [7, 11) is 2.20. The second-order valence-corrected chi connectivity index (χ2v) is 4.80. The Bertz CT molecular complexity index is 286. The van der Waals surface area contributed by atoms with E-state index in [9.17, 15) is 0 Å². The molecule has 1 aromatic rings. The van der Waals surface area contributed by atoms with Gasteiger partial charge in [-0.15, -0.1) is 0 Å². The van der Waals surface area contributed by atoms with Crippen molar-refractivity contribution in [3.63, 3.8) is 0 Å². The lowest BCUT2D eigenvalue weighted by Gasteiger charge is -2.13. The number of aryl methyl sites for hydroxylation is 1. The Hall–Kier alpha value is -0.870. The summed E-state index contributed by atoms with van der Waals surface area (Å²) >= 11 is 0. The number of nitrogens with one attached hydrogen (secondary N) is 1. The van der Waals surface area contributed by atoms with Crippen LogP contribution >= 0.6 is 0 Å². The Balaban J connectivity index is 1.59. The molecular formula is C12H22N4. The molecule has 1 aromatic heterocycles. The van der Waals surface area contributed by atoms with E-state index in [0.29, 0.717) is 6.04 Å². The molecule has 90 valence electrons. The van der Waals surface area contributed by atoms with Crippen LogP contribution in [0.1, 0.15) is 19.8 Å². The van der Waals surface area contributed by atoms with E-state index in [1.807, 2.05) is 23.1 Å². The summed E-state index contributed by atoms with van der Waals surface area (Å²) < 4.78 is 1.99. The Morgan fingerprint density at radius 3 is 3.00 bits per heavy atom. The summed E-state index contributed by atoms with van der Waals surface area (Å²) in [6.45, 7) is 5.58. The lowest BCUT2D eigenvalue weighted by atomic mass is 10.2. The van der Waals surface area contributed by atoms with Gasteiger partial charge in [-0.05, 0) is 39.4 Å². The zero-order valence-corrected chi connectivity index (χ0v) is 10.3. The predicted octanol–water partition coefficient (Wildman–Crippen LogP) is 0.955. The molecular weight excluding hydrogens is 200 g/mol. The van der Waals surface area contributed by atoms with Gasteiger partial charge in [-0.25, -0.2) is 0 Å². The summed E-state index contributed by atoms with van der Waals surface area (Å²) in [4.78, 5) is 2.42. The quantitative estimate of drug-likeness (QED) is 0.753. The van der Waals surface area contributed by atoms with Crippen LogP contribution in [0.4, 0.5) is 0 Å². The van der Waals surface area contributed by atoms with Crippen molar-refractivity contribution in [2.75, 3.05) is 20.1 Å². The molecule has 2 unspecified atom stereocenters. The van der Waals surface area contributed by atoms with E-state index in [1.54, 1.807) is 0 Å². The fraction of sp³-hybridized carbons (Fsp3) is 0.750. The summed E-state index contributed by atoms with van der Waals surface area (Å²) in [6.07, 6.45) is 6.28. The molecule has 16 heavy (non-hydrogen) atoms. The van der Waals surface area contributed by atoms with Crippen LogP contribution in [0.5, 0.6) is 0 Å². The number of rotatable bonds is 5. The number of aromatic nitrogens is 2. The fourth-order valence-electron chi connectivity index (χ4n) is 2.32. The molecule has 2 rings (SSSR count). The van der Waals surface area contributed by atoms with Crippen LogP contribution in [0.2, 0.25) is 0 Å². The number of hydrogen-bond acceptors (Lipinski definition) is 3. The Morgan fingerprint density at radius 1 is 1.50 bits per heavy atom. The normalized spacial score (nSPS) is 26.4. The lowest BCUT2D eigenvalue weighted by Crippen LogP contribution is -2.32. The van der Waals surface area contributed by atoms with E-state index in [0.717, 1.165) is 25.6 Å². The molecule has 2 heterocycles. The van der Waals surface area contributed by atoms with Crippen molar-refractivity contribution in [1.29, 1.82) is 0 Å². The molecule has 0 saturated carbocycles. The zero-order chi connectivity index (χ0) is 11.4. The first-order valence-corrected chi connectivity index (χ1v) is 6.17. The standard InChI is InChI=1S/C12H22N4/c1-11-9-12(10-15(11)2)13-5-3-7-16-8-4-6-14-16/h4,6,8,11-13H,3,5,7,9-10H2,1-2H3. The van der Waals surface area contributed by atoms with Gasteiger partial charge >= 0.3 is 0 Å². The molecule has 4 heteroatoms. The van der Waals surface area contributed by atoms with Gasteiger partial charge < -0.3 is 10.2 Å². The highest BCUT2D eigenvalue weighted by molar-refractivity contribution is 4.84. The van der Waals surface area contributed by atoms with Crippen LogP contribution < -0.4 is 5.32 Å². The van der Waals surface area contributed by atoms with E-state index in [2.05, 4.69) is 29.3 Å². The minimum Gasteiger partial charge on any atom is -0.313 e. The van der Waals surface area contributed by atoms with Gasteiger partial charge in [-0.1, -0.05) is 0 Å². The maximum Gasteiger partial charge on any atom is 0.0489 e. The minimum absolute atomic E-state index is 0.678. The summed E-state index contributed by atoms with van der Waals surface area (Å²) in [5, 5.41) is 7.81. The van der Waals surface area contributed by atoms with Gasteiger partial charge in [-0.3, -0.25) is 4.68 Å². The van der Waals surface area contributed by atoms with Crippen molar-refractivity contribution in [2.45, 2.75) is 38.4 Å². The smallest absolute Gasteiger partial charge is 0.0489 e. The number of nitrogens with zero attached hydrogens (tertiary/aromatic N) is 3. The first-order valence-electron chi connectivity index (χ1n) is 6.17. The molecule has 1 aliphatic heterocycles. The van der Waals surface area contributed by atoms with E-state index < -0.39 is 0 Å². The summed E-state index contributed by atoms with van der Waals surface area (Å²) in [6, 6.07) is 3.38.